The van der Waals surface area contributed by atoms with Gasteiger partial charge in [-0.15, -0.1) is 5.11 Å². The van der Waals surface area contributed by atoms with E-state index in [0.717, 1.165) is 12.1 Å². The first-order chi connectivity index (χ1) is 9.08. The number of nitrogens with zero attached hydrogens (tertiary/aromatic N) is 2. The molecule has 0 aliphatic heterocycles. The average Bonchev–Trinajstić information content (AvgIpc) is 2.38. The molecule has 0 saturated heterocycles. The Morgan fingerprint density at radius 3 is 2.32 bits per heavy atom. The minimum absolute atomic E-state index is 0.200. The Morgan fingerprint density at radius 2 is 1.68 bits per heavy atom. The van der Waals surface area contributed by atoms with E-state index in [1.54, 1.807) is 30.3 Å². The number of carbonyl (C=O) groups is 1. The van der Waals surface area contributed by atoms with Crippen molar-refractivity contribution in [1.82, 2.24) is 0 Å². The van der Waals surface area contributed by atoms with Gasteiger partial charge in [0.25, 0.3) is 0 Å². The number of aromatic carboxylic acids is 1. The van der Waals surface area contributed by atoms with Gasteiger partial charge in [-0.2, -0.15) is 5.11 Å². The molecule has 6 nitrogen and oxygen atoms in total. The lowest BCUT2D eigenvalue weighted by atomic mass is 10.1. The third-order valence-corrected chi connectivity index (χ3v) is 2.33. The molecular formula is C13H10N2O4. The molecule has 0 amide bonds. The maximum absolute atomic E-state index is 11.0. The molecule has 0 aliphatic carbocycles. The van der Waals surface area contributed by atoms with Gasteiger partial charge in [0.2, 0.25) is 0 Å². The van der Waals surface area contributed by atoms with Crippen LogP contribution in [0, 0.1) is 0 Å². The number of carboxylic acid groups (broad SMARTS) is 1. The lowest BCUT2D eigenvalue weighted by Crippen LogP contribution is -1.96. The molecule has 0 spiro atoms. The van der Waals surface area contributed by atoms with Gasteiger partial charge in [0.05, 0.1) is 11.3 Å². The van der Waals surface area contributed by atoms with Crippen molar-refractivity contribution < 1.29 is 20.1 Å². The van der Waals surface area contributed by atoms with Crippen LogP contribution in [0.15, 0.2) is 52.7 Å². The van der Waals surface area contributed by atoms with Crippen LogP contribution in [0.3, 0.4) is 0 Å². The molecule has 19 heavy (non-hydrogen) atoms. The van der Waals surface area contributed by atoms with Gasteiger partial charge in [0.15, 0.2) is 0 Å². The zero-order chi connectivity index (χ0) is 13.8. The summed E-state index contributed by atoms with van der Waals surface area (Å²) in [5.74, 6) is -2.11. The highest BCUT2D eigenvalue weighted by Gasteiger charge is 2.15. The summed E-state index contributed by atoms with van der Waals surface area (Å²) in [5, 5.41) is 35.4. The first-order valence-corrected chi connectivity index (χ1v) is 5.34. The van der Waals surface area contributed by atoms with E-state index in [-0.39, 0.29) is 17.0 Å². The number of phenols is 2. The Kier molecular flexibility index (Phi) is 3.42. The van der Waals surface area contributed by atoms with Gasteiger partial charge in [-0.3, -0.25) is 0 Å². The molecule has 6 heteroatoms. The molecule has 0 bridgehead atoms. The fourth-order valence-electron chi connectivity index (χ4n) is 1.47. The number of rotatable bonds is 3. The second-order valence-corrected chi connectivity index (χ2v) is 3.70. The summed E-state index contributed by atoms with van der Waals surface area (Å²) < 4.78 is 0. The number of aromatic hydroxyl groups is 2. The Bertz CT molecular complexity index is 639. The van der Waals surface area contributed by atoms with Crippen molar-refractivity contribution in [2.75, 3.05) is 0 Å². The molecule has 2 aromatic rings. The van der Waals surface area contributed by atoms with Crippen LogP contribution in [-0.4, -0.2) is 21.3 Å². The van der Waals surface area contributed by atoms with Crippen LogP contribution < -0.4 is 0 Å². The van der Waals surface area contributed by atoms with Gasteiger partial charge in [-0.25, -0.2) is 4.79 Å². The molecule has 0 radical (unpaired) electrons. The number of carboxylic acids is 1. The normalized spacial score (nSPS) is 10.7. The molecule has 0 atom stereocenters. The maximum Gasteiger partial charge on any atom is 0.338 e. The van der Waals surface area contributed by atoms with E-state index in [1.165, 1.54) is 0 Å². The van der Waals surface area contributed by atoms with Gasteiger partial charge in [0.1, 0.15) is 17.2 Å². The fourth-order valence-corrected chi connectivity index (χ4v) is 1.47. The van der Waals surface area contributed by atoms with E-state index >= 15 is 0 Å². The summed E-state index contributed by atoms with van der Waals surface area (Å²) in [6, 6.07) is 10.7. The van der Waals surface area contributed by atoms with Crippen molar-refractivity contribution in [3.05, 3.63) is 48.0 Å². The minimum atomic E-state index is -1.31. The van der Waals surface area contributed by atoms with E-state index in [1.807, 2.05) is 0 Å². The first-order valence-electron chi connectivity index (χ1n) is 5.34. The first kappa shape index (κ1) is 12.6. The van der Waals surface area contributed by atoms with Crippen molar-refractivity contribution in [2.45, 2.75) is 0 Å². The molecule has 0 saturated carbocycles. The fraction of sp³-hybridized carbons (Fsp3) is 0. The highest BCUT2D eigenvalue weighted by molar-refractivity contribution is 5.95. The Balaban J connectivity index is 2.45. The molecule has 0 aromatic heterocycles. The predicted octanol–water partition coefficient (Wildman–Crippen LogP) is 3.21. The third kappa shape index (κ3) is 2.86. The zero-order valence-corrected chi connectivity index (χ0v) is 9.69. The largest absolute Gasteiger partial charge is 0.508 e. The summed E-state index contributed by atoms with van der Waals surface area (Å²) in [5.41, 5.74) is -0.00218. The quantitative estimate of drug-likeness (QED) is 0.735. The van der Waals surface area contributed by atoms with Gasteiger partial charge in [-0.1, -0.05) is 18.2 Å². The van der Waals surface area contributed by atoms with Crippen LogP contribution >= 0.6 is 0 Å². The maximum atomic E-state index is 11.0. The van der Waals surface area contributed by atoms with E-state index in [2.05, 4.69) is 10.2 Å². The minimum Gasteiger partial charge on any atom is -0.508 e. The van der Waals surface area contributed by atoms with Gasteiger partial charge in [0, 0.05) is 6.07 Å². The van der Waals surface area contributed by atoms with Crippen LogP contribution in [0.2, 0.25) is 0 Å². The molecule has 2 rings (SSSR count). The monoisotopic (exact) mass is 258 g/mol. The third-order valence-electron chi connectivity index (χ3n) is 2.33. The molecule has 2 aromatic carbocycles. The summed E-state index contributed by atoms with van der Waals surface area (Å²) in [6.07, 6.45) is 0. The Labute approximate surface area is 108 Å². The predicted molar refractivity (Wildman–Crippen MR) is 67.3 cm³/mol. The number of azo groups is 1. The van der Waals surface area contributed by atoms with E-state index in [0.29, 0.717) is 5.69 Å². The molecule has 0 heterocycles. The molecule has 0 unspecified atom stereocenters. The molecule has 96 valence electrons. The number of hydrogen-bond donors (Lipinski definition) is 3. The van der Waals surface area contributed by atoms with Gasteiger partial charge >= 0.3 is 5.97 Å². The lowest BCUT2D eigenvalue weighted by molar-refractivity contribution is 0.0697. The number of hydrogen-bond acceptors (Lipinski definition) is 5. The summed E-state index contributed by atoms with van der Waals surface area (Å²) in [4.78, 5) is 11.0. The smallest absolute Gasteiger partial charge is 0.338 e. The van der Waals surface area contributed by atoms with E-state index in [9.17, 15) is 15.0 Å². The molecule has 0 fully saturated rings. The Morgan fingerprint density at radius 1 is 1.00 bits per heavy atom. The molecular weight excluding hydrogens is 248 g/mol. The van der Waals surface area contributed by atoms with Crippen molar-refractivity contribution in [3.63, 3.8) is 0 Å². The highest BCUT2D eigenvalue weighted by Crippen LogP contribution is 2.35. The lowest BCUT2D eigenvalue weighted by Gasteiger charge is -2.03. The van der Waals surface area contributed by atoms with Crippen molar-refractivity contribution in [1.29, 1.82) is 0 Å². The van der Waals surface area contributed by atoms with Gasteiger partial charge < -0.3 is 15.3 Å². The number of benzene rings is 2. The molecule has 3 N–H and O–H groups in total. The van der Waals surface area contributed by atoms with Crippen molar-refractivity contribution in [3.8, 4) is 11.5 Å². The SMILES string of the molecule is O=C(O)c1cc(O)cc(O)c1/N=N\c1ccccc1. The van der Waals surface area contributed by atoms with Crippen molar-refractivity contribution in [2.24, 2.45) is 10.2 Å². The topological polar surface area (TPSA) is 102 Å². The van der Waals surface area contributed by atoms with Crippen LogP contribution in [0.1, 0.15) is 10.4 Å². The van der Waals surface area contributed by atoms with Crippen LogP contribution in [-0.2, 0) is 0 Å². The van der Waals surface area contributed by atoms with Crippen LogP contribution in [0.25, 0.3) is 0 Å². The number of phenolic OH excluding ortho intramolecular Hbond substituents is 2. The standard InChI is InChI=1S/C13H10N2O4/c16-9-6-10(13(18)19)12(11(17)7-9)15-14-8-4-2-1-3-5-8/h1-7,16-17H,(H,18,19)/b15-14-. The second-order valence-electron chi connectivity index (χ2n) is 3.70. The van der Waals surface area contributed by atoms with Gasteiger partial charge in [-0.05, 0) is 18.2 Å². The van der Waals surface area contributed by atoms with Crippen LogP contribution in [0.4, 0.5) is 11.4 Å². The van der Waals surface area contributed by atoms with E-state index in [4.69, 9.17) is 5.11 Å². The second kappa shape index (κ2) is 5.18. The van der Waals surface area contributed by atoms with Crippen LogP contribution in [0.5, 0.6) is 11.5 Å². The van der Waals surface area contributed by atoms with Crippen molar-refractivity contribution >= 4 is 17.3 Å². The molecule has 0 aliphatic rings. The zero-order valence-electron chi connectivity index (χ0n) is 9.69. The highest BCUT2D eigenvalue weighted by atomic mass is 16.4. The summed E-state index contributed by atoms with van der Waals surface area (Å²) >= 11 is 0. The Hall–Kier alpha value is -2.89. The van der Waals surface area contributed by atoms with E-state index < -0.39 is 11.7 Å². The average molecular weight is 258 g/mol. The summed E-state index contributed by atoms with van der Waals surface area (Å²) in [6.45, 7) is 0. The summed E-state index contributed by atoms with van der Waals surface area (Å²) in [7, 11) is 0.